The van der Waals surface area contributed by atoms with Crippen molar-refractivity contribution in [1.82, 2.24) is 0 Å². The van der Waals surface area contributed by atoms with Gasteiger partial charge in [0, 0.05) is 12.2 Å². The summed E-state index contributed by atoms with van der Waals surface area (Å²) in [7, 11) is 1.67. The summed E-state index contributed by atoms with van der Waals surface area (Å²) >= 11 is 0. The average molecular weight is 285 g/mol. The molecule has 0 heterocycles. The lowest BCUT2D eigenvalue weighted by molar-refractivity contribution is 0.294. The Hall–Kier alpha value is -2.16. The second-order valence-corrected chi connectivity index (χ2v) is 5.00. The number of ether oxygens (including phenoxy) is 2. The third-order valence-corrected chi connectivity index (χ3v) is 3.32. The Morgan fingerprint density at radius 2 is 1.86 bits per heavy atom. The van der Waals surface area contributed by atoms with Gasteiger partial charge >= 0.3 is 0 Å². The predicted molar refractivity (Wildman–Crippen MR) is 87.3 cm³/mol. The van der Waals surface area contributed by atoms with E-state index >= 15 is 0 Å². The molecule has 2 rings (SSSR count). The molecular weight excluding hydrogens is 262 g/mol. The van der Waals surface area contributed by atoms with E-state index in [2.05, 4.69) is 37.4 Å². The van der Waals surface area contributed by atoms with Crippen LogP contribution in [0.4, 0.5) is 5.69 Å². The van der Waals surface area contributed by atoms with Crippen LogP contribution in [0.5, 0.6) is 11.5 Å². The molecule has 1 N–H and O–H groups in total. The fourth-order valence-electron chi connectivity index (χ4n) is 2.12. The van der Waals surface area contributed by atoms with Crippen LogP contribution in [0.15, 0.2) is 42.5 Å². The molecule has 2 aromatic carbocycles. The quantitative estimate of drug-likeness (QED) is 0.817. The van der Waals surface area contributed by atoms with Gasteiger partial charge in [-0.15, -0.1) is 0 Å². The van der Waals surface area contributed by atoms with Gasteiger partial charge in [-0.05, 0) is 42.7 Å². The van der Waals surface area contributed by atoms with E-state index in [9.17, 15) is 0 Å². The van der Waals surface area contributed by atoms with E-state index in [1.807, 2.05) is 24.3 Å². The first-order valence-electron chi connectivity index (χ1n) is 7.33. The molecule has 0 aliphatic heterocycles. The van der Waals surface area contributed by atoms with Crippen molar-refractivity contribution in [3.8, 4) is 11.5 Å². The molecule has 112 valence electrons. The second kappa shape index (κ2) is 7.58. The van der Waals surface area contributed by atoms with Crippen molar-refractivity contribution >= 4 is 5.69 Å². The van der Waals surface area contributed by atoms with Gasteiger partial charge in [0.25, 0.3) is 0 Å². The summed E-state index contributed by atoms with van der Waals surface area (Å²) < 4.78 is 11.1. The van der Waals surface area contributed by atoms with Crippen LogP contribution in [0.1, 0.15) is 24.5 Å². The molecule has 0 amide bonds. The Morgan fingerprint density at radius 1 is 1.05 bits per heavy atom. The fraction of sp³-hybridized carbons (Fsp3) is 0.333. The monoisotopic (exact) mass is 285 g/mol. The first-order chi connectivity index (χ1) is 10.2. The summed E-state index contributed by atoms with van der Waals surface area (Å²) in [6, 6.07) is 14.3. The molecule has 0 saturated heterocycles. The normalized spacial score (nSPS) is 10.2. The lowest BCUT2D eigenvalue weighted by atomic mass is 10.1. The van der Waals surface area contributed by atoms with Crippen molar-refractivity contribution in [3.63, 3.8) is 0 Å². The zero-order valence-electron chi connectivity index (χ0n) is 13.0. The van der Waals surface area contributed by atoms with Crippen molar-refractivity contribution in [2.75, 3.05) is 19.0 Å². The highest BCUT2D eigenvalue weighted by molar-refractivity contribution is 5.51. The van der Waals surface area contributed by atoms with Gasteiger partial charge in [0.2, 0.25) is 0 Å². The summed E-state index contributed by atoms with van der Waals surface area (Å²) in [5.41, 5.74) is 3.56. The number of rotatable bonds is 7. The lowest BCUT2D eigenvalue weighted by Gasteiger charge is -2.13. The minimum Gasteiger partial charge on any atom is -0.493 e. The maximum atomic E-state index is 5.67. The molecule has 0 spiro atoms. The number of hydrogen-bond donors (Lipinski definition) is 1. The summed E-state index contributed by atoms with van der Waals surface area (Å²) in [4.78, 5) is 0. The minimum absolute atomic E-state index is 0.706. The number of hydrogen-bond acceptors (Lipinski definition) is 3. The highest BCUT2D eigenvalue weighted by atomic mass is 16.5. The molecule has 2 aromatic rings. The van der Waals surface area contributed by atoms with Crippen LogP contribution >= 0.6 is 0 Å². The van der Waals surface area contributed by atoms with Gasteiger partial charge in [-0.3, -0.25) is 0 Å². The molecule has 0 fully saturated rings. The van der Waals surface area contributed by atoms with E-state index in [-0.39, 0.29) is 0 Å². The van der Waals surface area contributed by atoms with E-state index in [1.165, 1.54) is 11.1 Å². The fourth-order valence-corrected chi connectivity index (χ4v) is 2.12. The van der Waals surface area contributed by atoms with Gasteiger partial charge in [-0.25, -0.2) is 0 Å². The molecule has 3 nitrogen and oxygen atoms in total. The third kappa shape index (κ3) is 4.15. The average Bonchev–Trinajstić information content (AvgIpc) is 2.52. The Bertz CT molecular complexity index is 581. The highest BCUT2D eigenvalue weighted by Crippen LogP contribution is 2.28. The Morgan fingerprint density at radius 3 is 2.57 bits per heavy atom. The van der Waals surface area contributed by atoms with E-state index < -0.39 is 0 Å². The molecule has 21 heavy (non-hydrogen) atoms. The van der Waals surface area contributed by atoms with E-state index in [0.717, 1.165) is 30.2 Å². The number of para-hydroxylation sites is 1. The number of methoxy groups -OCH3 is 1. The molecule has 0 unspecified atom stereocenters. The Labute approximate surface area is 126 Å². The number of aryl methyl sites for hydroxylation is 1. The van der Waals surface area contributed by atoms with Crippen LogP contribution in [-0.4, -0.2) is 13.7 Å². The summed E-state index contributed by atoms with van der Waals surface area (Å²) in [5, 5.41) is 3.45. The molecule has 0 aliphatic rings. The predicted octanol–water partition coefficient (Wildman–Crippen LogP) is 4.40. The van der Waals surface area contributed by atoms with Gasteiger partial charge in [0.05, 0.1) is 13.7 Å². The molecule has 0 aromatic heterocycles. The maximum Gasteiger partial charge on any atom is 0.161 e. The van der Waals surface area contributed by atoms with Gasteiger partial charge in [0.15, 0.2) is 11.5 Å². The van der Waals surface area contributed by atoms with Gasteiger partial charge in [-0.1, -0.05) is 31.2 Å². The molecule has 0 atom stereocenters. The molecule has 0 bridgehead atoms. The van der Waals surface area contributed by atoms with Crippen molar-refractivity contribution in [3.05, 3.63) is 53.6 Å². The van der Waals surface area contributed by atoms with Crippen molar-refractivity contribution in [2.24, 2.45) is 0 Å². The van der Waals surface area contributed by atoms with Crippen LogP contribution in [0.3, 0.4) is 0 Å². The van der Waals surface area contributed by atoms with E-state index in [1.54, 1.807) is 7.11 Å². The summed E-state index contributed by atoms with van der Waals surface area (Å²) in [6.07, 6.45) is 0.986. The summed E-state index contributed by atoms with van der Waals surface area (Å²) in [5.74, 6) is 1.59. The molecule has 0 radical (unpaired) electrons. The van der Waals surface area contributed by atoms with Gasteiger partial charge in [-0.2, -0.15) is 0 Å². The zero-order chi connectivity index (χ0) is 15.1. The Balaban J connectivity index is 2.05. The lowest BCUT2D eigenvalue weighted by Crippen LogP contribution is -2.02. The largest absolute Gasteiger partial charge is 0.493 e. The van der Waals surface area contributed by atoms with Crippen LogP contribution < -0.4 is 14.8 Å². The zero-order valence-corrected chi connectivity index (χ0v) is 13.0. The van der Waals surface area contributed by atoms with Gasteiger partial charge < -0.3 is 14.8 Å². The Kier molecular flexibility index (Phi) is 5.50. The number of anilines is 1. The van der Waals surface area contributed by atoms with E-state index in [4.69, 9.17) is 9.47 Å². The first kappa shape index (κ1) is 15.2. The number of benzene rings is 2. The minimum atomic E-state index is 0.706. The summed E-state index contributed by atoms with van der Waals surface area (Å²) in [6.45, 7) is 5.66. The maximum absolute atomic E-state index is 5.67. The van der Waals surface area contributed by atoms with Gasteiger partial charge in [0.1, 0.15) is 0 Å². The standard InChI is InChI=1S/C18H23NO2/c1-4-11-21-17-10-9-15(12-18(17)20-3)13-19-16-8-6-5-7-14(16)2/h5-10,12,19H,4,11,13H2,1-3H3. The molecule has 0 aliphatic carbocycles. The third-order valence-electron chi connectivity index (χ3n) is 3.32. The van der Waals surface area contributed by atoms with Crippen LogP contribution in [-0.2, 0) is 6.54 Å². The molecular formula is C18H23NO2. The van der Waals surface area contributed by atoms with Crippen LogP contribution in [0.2, 0.25) is 0 Å². The topological polar surface area (TPSA) is 30.5 Å². The van der Waals surface area contributed by atoms with Crippen molar-refractivity contribution < 1.29 is 9.47 Å². The smallest absolute Gasteiger partial charge is 0.161 e. The van der Waals surface area contributed by atoms with Crippen LogP contribution in [0.25, 0.3) is 0 Å². The molecule has 0 saturated carbocycles. The number of nitrogens with one attached hydrogen (secondary N) is 1. The van der Waals surface area contributed by atoms with Crippen LogP contribution in [0, 0.1) is 6.92 Å². The SMILES string of the molecule is CCCOc1ccc(CNc2ccccc2C)cc1OC. The van der Waals surface area contributed by atoms with Crippen molar-refractivity contribution in [2.45, 2.75) is 26.8 Å². The van der Waals surface area contributed by atoms with E-state index in [0.29, 0.717) is 6.61 Å². The highest BCUT2D eigenvalue weighted by Gasteiger charge is 2.06. The molecule has 3 heteroatoms. The second-order valence-electron chi connectivity index (χ2n) is 5.00. The first-order valence-corrected chi connectivity index (χ1v) is 7.33. The van der Waals surface area contributed by atoms with Crippen molar-refractivity contribution in [1.29, 1.82) is 0 Å².